The molecule has 1 aromatic rings. The molecular weight excluding hydrogens is 306 g/mol. The van der Waals surface area contributed by atoms with Crippen molar-refractivity contribution in [3.8, 4) is 0 Å². The monoisotopic (exact) mass is 333 g/mol. The Bertz CT molecular complexity index is 540. The first-order chi connectivity index (χ1) is 11.7. The smallest absolute Gasteiger partial charge is 0.315 e. The first-order valence-electron chi connectivity index (χ1n) is 8.74. The topological polar surface area (TPSA) is 73.8 Å². The first kappa shape index (κ1) is 17.2. The number of aliphatic hydroxyl groups is 1. The highest BCUT2D eigenvalue weighted by Crippen LogP contribution is 2.24. The van der Waals surface area contributed by atoms with Crippen LogP contribution in [0.3, 0.4) is 0 Å². The van der Waals surface area contributed by atoms with Gasteiger partial charge in [0.2, 0.25) is 0 Å². The number of hydrogen-bond donors (Lipinski definition) is 3. The molecule has 2 saturated heterocycles. The van der Waals surface area contributed by atoms with Crippen LogP contribution < -0.4 is 10.6 Å². The minimum Gasteiger partial charge on any atom is -0.396 e. The maximum atomic E-state index is 12.3. The largest absolute Gasteiger partial charge is 0.396 e. The lowest BCUT2D eigenvalue weighted by molar-refractivity contribution is -0.0566. The fourth-order valence-electron chi connectivity index (χ4n) is 3.61. The second-order valence-electron chi connectivity index (χ2n) is 6.76. The Morgan fingerprint density at radius 1 is 1.38 bits per heavy atom. The molecule has 0 aromatic heterocycles. The van der Waals surface area contributed by atoms with Crippen molar-refractivity contribution in [3.05, 3.63) is 35.9 Å². The van der Waals surface area contributed by atoms with Gasteiger partial charge in [0.25, 0.3) is 0 Å². The minimum atomic E-state index is -0.121. The SMILES string of the molecule is C[C@@H](NC(=O)N[C@H]1C[C@H]2CO[C@@H](CCO)CN2C1)c1ccccc1. The van der Waals surface area contributed by atoms with Crippen molar-refractivity contribution in [1.29, 1.82) is 0 Å². The number of morpholine rings is 1. The van der Waals surface area contributed by atoms with Gasteiger partial charge >= 0.3 is 6.03 Å². The van der Waals surface area contributed by atoms with Gasteiger partial charge in [-0.05, 0) is 25.3 Å². The zero-order valence-corrected chi connectivity index (χ0v) is 14.1. The van der Waals surface area contributed by atoms with Gasteiger partial charge in [0.1, 0.15) is 0 Å². The number of carbonyl (C=O) groups is 1. The number of urea groups is 1. The molecule has 6 nitrogen and oxygen atoms in total. The van der Waals surface area contributed by atoms with E-state index >= 15 is 0 Å². The number of aliphatic hydroxyl groups excluding tert-OH is 1. The molecular formula is C18H27N3O3. The van der Waals surface area contributed by atoms with E-state index in [4.69, 9.17) is 9.84 Å². The number of carbonyl (C=O) groups excluding carboxylic acids is 1. The molecule has 0 unspecified atom stereocenters. The van der Waals surface area contributed by atoms with Crippen LogP contribution in [-0.2, 0) is 4.74 Å². The summed E-state index contributed by atoms with van der Waals surface area (Å²) in [5.74, 6) is 0. The molecule has 2 aliphatic rings. The number of nitrogens with one attached hydrogen (secondary N) is 2. The van der Waals surface area contributed by atoms with Crippen LogP contribution in [0.15, 0.2) is 30.3 Å². The second-order valence-corrected chi connectivity index (χ2v) is 6.76. The fraction of sp³-hybridized carbons (Fsp3) is 0.611. The Hall–Kier alpha value is -1.63. The van der Waals surface area contributed by atoms with Crippen LogP contribution >= 0.6 is 0 Å². The summed E-state index contributed by atoms with van der Waals surface area (Å²) in [4.78, 5) is 14.6. The summed E-state index contributed by atoms with van der Waals surface area (Å²) in [6, 6.07) is 10.3. The zero-order valence-electron chi connectivity index (χ0n) is 14.1. The van der Waals surface area contributed by atoms with E-state index < -0.39 is 0 Å². The molecule has 1 aromatic carbocycles. The quantitative estimate of drug-likeness (QED) is 0.759. The molecule has 6 heteroatoms. The Morgan fingerprint density at radius 3 is 2.92 bits per heavy atom. The van der Waals surface area contributed by atoms with Gasteiger partial charge in [-0.3, -0.25) is 4.90 Å². The molecule has 0 saturated carbocycles. The Kier molecular flexibility index (Phi) is 5.71. The maximum Gasteiger partial charge on any atom is 0.315 e. The fourth-order valence-corrected chi connectivity index (χ4v) is 3.61. The third-order valence-electron chi connectivity index (χ3n) is 4.92. The van der Waals surface area contributed by atoms with E-state index in [1.807, 2.05) is 37.3 Å². The van der Waals surface area contributed by atoms with E-state index in [-0.39, 0.29) is 30.8 Å². The van der Waals surface area contributed by atoms with Crippen LogP contribution in [0.5, 0.6) is 0 Å². The van der Waals surface area contributed by atoms with Crippen LogP contribution in [0.1, 0.15) is 31.4 Å². The van der Waals surface area contributed by atoms with Crippen LogP contribution in [0.4, 0.5) is 4.79 Å². The molecule has 24 heavy (non-hydrogen) atoms. The average Bonchev–Trinajstić information content (AvgIpc) is 2.97. The van der Waals surface area contributed by atoms with Crippen molar-refractivity contribution < 1.29 is 14.6 Å². The third-order valence-corrected chi connectivity index (χ3v) is 4.92. The molecule has 2 heterocycles. The highest BCUT2D eigenvalue weighted by Gasteiger charge is 2.37. The summed E-state index contributed by atoms with van der Waals surface area (Å²) in [5.41, 5.74) is 1.09. The Morgan fingerprint density at radius 2 is 2.17 bits per heavy atom. The predicted octanol–water partition coefficient (Wildman–Crippen LogP) is 1.27. The van der Waals surface area contributed by atoms with E-state index in [1.54, 1.807) is 0 Å². The molecule has 0 aliphatic carbocycles. The average molecular weight is 333 g/mol. The van der Waals surface area contributed by atoms with Crippen molar-refractivity contribution in [2.45, 2.75) is 44.0 Å². The van der Waals surface area contributed by atoms with Crippen molar-refractivity contribution in [3.63, 3.8) is 0 Å². The third kappa shape index (κ3) is 4.26. The Balaban J connectivity index is 1.46. The second kappa shape index (κ2) is 7.96. The summed E-state index contributed by atoms with van der Waals surface area (Å²) in [5, 5.41) is 15.1. The van der Waals surface area contributed by atoms with Gasteiger partial charge in [-0.2, -0.15) is 0 Å². The molecule has 132 valence electrons. The van der Waals surface area contributed by atoms with Gasteiger partial charge in [0, 0.05) is 31.8 Å². The van der Waals surface area contributed by atoms with E-state index in [2.05, 4.69) is 15.5 Å². The van der Waals surface area contributed by atoms with E-state index in [0.29, 0.717) is 19.1 Å². The van der Waals surface area contributed by atoms with E-state index in [9.17, 15) is 4.79 Å². The highest BCUT2D eigenvalue weighted by molar-refractivity contribution is 5.74. The van der Waals surface area contributed by atoms with Gasteiger partial charge < -0.3 is 20.5 Å². The van der Waals surface area contributed by atoms with Crippen LogP contribution in [0.2, 0.25) is 0 Å². The van der Waals surface area contributed by atoms with Crippen molar-refractivity contribution in [2.75, 3.05) is 26.3 Å². The zero-order chi connectivity index (χ0) is 16.9. The lowest BCUT2D eigenvalue weighted by Gasteiger charge is -2.34. The van der Waals surface area contributed by atoms with E-state index in [1.165, 1.54) is 0 Å². The minimum absolute atomic E-state index is 0.0209. The summed E-state index contributed by atoms with van der Waals surface area (Å²) in [7, 11) is 0. The Labute approximate surface area is 143 Å². The number of nitrogens with zero attached hydrogens (tertiary/aromatic N) is 1. The predicted molar refractivity (Wildman–Crippen MR) is 91.7 cm³/mol. The van der Waals surface area contributed by atoms with Crippen LogP contribution in [0.25, 0.3) is 0 Å². The molecule has 2 aliphatic heterocycles. The normalized spacial score (nSPS) is 28.2. The van der Waals surface area contributed by atoms with Gasteiger partial charge in [-0.15, -0.1) is 0 Å². The molecule has 0 bridgehead atoms. The number of hydrogen-bond acceptors (Lipinski definition) is 4. The number of rotatable bonds is 5. The molecule has 0 spiro atoms. The molecule has 2 amide bonds. The summed E-state index contributed by atoms with van der Waals surface area (Å²) in [6.45, 7) is 4.52. The summed E-state index contributed by atoms with van der Waals surface area (Å²) in [6.07, 6.45) is 1.70. The maximum absolute atomic E-state index is 12.3. The lowest BCUT2D eigenvalue weighted by atomic mass is 10.1. The molecule has 3 rings (SSSR count). The number of fused-ring (bicyclic) bond motifs is 1. The van der Waals surface area contributed by atoms with Crippen molar-refractivity contribution in [2.24, 2.45) is 0 Å². The summed E-state index contributed by atoms with van der Waals surface area (Å²) < 4.78 is 5.78. The van der Waals surface area contributed by atoms with E-state index in [0.717, 1.165) is 25.1 Å². The molecule has 4 atom stereocenters. The van der Waals surface area contributed by atoms with Crippen molar-refractivity contribution in [1.82, 2.24) is 15.5 Å². The summed E-state index contributed by atoms with van der Waals surface area (Å²) >= 11 is 0. The van der Waals surface area contributed by atoms with Gasteiger partial charge in [-0.1, -0.05) is 30.3 Å². The number of benzene rings is 1. The molecule has 0 radical (unpaired) electrons. The van der Waals surface area contributed by atoms with Gasteiger partial charge in [-0.25, -0.2) is 4.79 Å². The lowest BCUT2D eigenvalue weighted by Crippen LogP contribution is -2.47. The highest BCUT2D eigenvalue weighted by atomic mass is 16.5. The number of amides is 2. The van der Waals surface area contributed by atoms with Crippen LogP contribution in [0, 0.1) is 0 Å². The van der Waals surface area contributed by atoms with Crippen molar-refractivity contribution >= 4 is 6.03 Å². The van der Waals surface area contributed by atoms with Gasteiger partial charge in [0.15, 0.2) is 0 Å². The van der Waals surface area contributed by atoms with Crippen LogP contribution in [-0.4, -0.2) is 60.5 Å². The first-order valence-corrected chi connectivity index (χ1v) is 8.74. The standard InChI is InChI=1S/C18H27N3O3/c1-13(14-5-3-2-4-6-14)19-18(23)20-15-9-16-12-24-17(7-8-22)11-21(16)10-15/h2-6,13,15-17,22H,7-12H2,1H3,(H2,19,20,23)/t13-,15+,16+,17+/m1/s1. The molecule has 3 N–H and O–H groups in total. The van der Waals surface area contributed by atoms with Gasteiger partial charge in [0.05, 0.1) is 18.8 Å². The molecule has 2 fully saturated rings. The number of ether oxygens (including phenoxy) is 1.